The Morgan fingerprint density at radius 3 is 2.73 bits per heavy atom. The van der Waals surface area contributed by atoms with Gasteiger partial charge in [0.05, 0.1) is 24.7 Å². The summed E-state index contributed by atoms with van der Waals surface area (Å²) >= 11 is 0. The predicted octanol–water partition coefficient (Wildman–Crippen LogP) is 3.32. The summed E-state index contributed by atoms with van der Waals surface area (Å²) in [6.45, 7) is 0.0518. The Labute approximate surface area is 147 Å². The number of aromatic amines is 1. The molecule has 2 aromatic heterocycles. The molecule has 0 aliphatic rings. The van der Waals surface area contributed by atoms with Crippen molar-refractivity contribution >= 4 is 5.97 Å². The van der Waals surface area contributed by atoms with E-state index in [0.29, 0.717) is 17.0 Å². The Morgan fingerprint density at radius 1 is 1.23 bits per heavy atom. The lowest BCUT2D eigenvalue weighted by Crippen LogP contribution is -2.27. The standard InChI is InChI=1S/C18H15F2N3O3/c1-25-17(24)18(19,20)13-4-2-3-12(9-13)11-26-14-5-6-15(21-10-14)16-7-8-22-23-16/h2-10H,11H2,1H3,(H,22,23). The van der Waals surface area contributed by atoms with E-state index in [-0.39, 0.29) is 6.61 Å². The molecule has 1 aromatic carbocycles. The second-order valence-corrected chi connectivity index (χ2v) is 5.40. The van der Waals surface area contributed by atoms with Gasteiger partial charge in [0.25, 0.3) is 0 Å². The Kier molecular flexibility index (Phi) is 4.92. The van der Waals surface area contributed by atoms with Crippen LogP contribution in [-0.4, -0.2) is 28.3 Å². The van der Waals surface area contributed by atoms with Crippen LogP contribution < -0.4 is 4.74 Å². The van der Waals surface area contributed by atoms with Crippen molar-refractivity contribution in [3.05, 3.63) is 66.0 Å². The van der Waals surface area contributed by atoms with E-state index in [9.17, 15) is 13.6 Å². The highest BCUT2D eigenvalue weighted by molar-refractivity contribution is 5.79. The maximum atomic E-state index is 13.9. The first-order valence-electron chi connectivity index (χ1n) is 7.65. The molecule has 8 heteroatoms. The van der Waals surface area contributed by atoms with Gasteiger partial charge in [0, 0.05) is 11.8 Å². The zero-order valence-corrected chi connectivity index (χ0v) is 13.8. The molecule has 0 amide bonds. The SMILES string of the molecule is COC(=O)C(F)(F)c1cccc(COc2ccc(-c3ccn[nH]3)nc2)c1. The molecule has 0 atom stereocenters. The third-order valence-electron chi connectivity index (χ3n) is 3.65. The van der Waals surface area contributed by atoms with Crippen LogP contribution in [0, 0.1) is 0 Å². The van der Waals surface area contributed by atoms with Crippen LogP contribution in [0.25, 0.3) is 11.4 Å². The number of ether oxygens (including phenoxy) is 2. The monoisotopic (exact) mass is 359 g/mol. The molecule has 0 radical (unpaired) electrons. The zero-order valence-electron chi connectivity index (χ0n) is 13.8. The molecule has 3 rings (SSSR count). The molecule has 0 bridgehead atoms. The summed E-state index contributed by atoms with van der Waals surface area (Å²) in [4.78, 5) is 15.5. The number of alkyl halides is 2. The molecule has 0 saturated carbocycles. The number of pyridine rings is 1. The van der Waals surface area contributed by atoms with Crippen LogP contribution >= 0.6 is 0 Å². The predicted molar refractivity (Wildman–Crippen MR) is 88.5 cm³/mol. The lowest BCUT2D eigenvalue weighted by atomic mass is 10.1. The molecule has 0 saturated heterocycles. The third kappa shape index (κ3) is 3.69. The number of nitrogens with zero attached hydrogens (tertiary/aromatic N) is 2. The van der Waals surface area contributed by atoms with Gasteiger partial charge in [0.1, 0.15) is 12.4 Å². The Balaban J connectivity index is 1.68. The maximum absolute atomic E-state index is 13.9. The fourth-order valence-electron chi connectivity index (χ4n) is 2.29. The highest BCUT2D eigenvalue weighted by Gasteiger charge is 2.42. The Bertz CT molecular complexity index is 881. The van der Waals surface area contributed by atoms with E-state index < -0.39 is 17.5 Å². The molecule has 1 N–H and O–H groups in total. The first kappa shape index (κ1) is 17.5. The molecule has 26 heavy (non-hydrogen) atoms. The van der Waals surface area contributed by atoms with E-state index in [4.69, 9.17) is 4.74 Å². The summed E-state index contributed by atoms with van der Waals surface area (Å²) in [6.07, 6.45) is 3.15. The lowest BCUT2D eigenvalue weighted by molar-refractivity contribution is -0.170. The lowest BCUT2D eigenvalue weighted by Gasteiger charge is -2.15. The topological polar surface area (TPSA) is 77.1 Å². The van der Waals surface area contributed by atoms with Crippen molar-refractivity contribution in [1.82, 2.24) is 15.2 Å². The smallest absolute Gasteiger partial charge is 0.381 e. The van der Waals surface area contributed by atoms with Crippen molar-refractivity contribution < 1.29 is 23.0 Å². The van der Waals surface area contributed by atoms with Gasteiger partial charge >= 0.3 is 11.9 Å². The van der Waals surface area contributed by atoms with E-state index in [1.165, 1.54) is 24.4 Å². The molecule has 6 nitrogen and oxygen atoms in total. The summed E-state index contributed by atoms with van der Waals surface area (Å²) in [5.74, 6) is -4.83. The zero-order chi connectivity index (χ0) is 18.6. The van der Waals surface area contributed by atoms with Gasteiger partial charge in [-0.2, -0.15) is 13.9 Å². The number of benzene rings is 1. The van der Waals surface area contributed by atoms with Crippen LogP contribution in [0.2, 0.25) is 0 Å². The number of aromatic nitrogens is 3. The van der Waals surface area contributed by atoms with Gasteiger partial charge in [0.2, 0.25) is 0 Å². The summed E-state index contributed by atoms with van der Waals surface area (Å²) in [5.41, 5.74) is 1.52. The van der Waals surface area contributed by atoms with Crippen LogP contribution in [0.15, 0.2) is 54.9 Å². The van der Waals surface area contributed by atoms with Crippen molar-refractivity contribution in [2.45, 2.75) is 12.5 Å². The van der Waals surface area contributed by atoms with Crippen LogP contribution in [0.4, 0.5) is 8.78 Å². The minimum absolute atomic E-state index is 0.0518. The molecule has 0 fully saturated rings. The number of methoxy groups -OCH3 is 1. The third-order valence-corrected chi connectivity index (χ3v) is 3.65. The van der Waals surface area contributed by atoms with Crippen LogP contribution in [0.1, 0.15) is 11.1 Å². The second-order valence-electron chi connectivity index (χ2n) is 5.40. The molecule has 2 heterocycles. The van der Waals surface area contributed by atoms with Crippen molar-refractivity contribution in [3.63, 3.8) is 0 Å². The highest BCUT2D eigenvalue weighted by atomic mass is 19.3. The van der Waals surface area contributed by atoms with Gasteiger partial charge in [-0.05, 0) is 29.8 Å². The number of carbonyl (C=O) groups is 1. The van der Waals surface area contributed by atoms with Gasteiger partial charge in [-0.25, -0.2) is 4.79 Å². The minimum atomic E-state index is -3.71. The molecule has 0 spiro atoms. The van der Waals surface area contributed by atoms with Crippen LogP contribution in [-0.2, 0) is 22.1 Å². The fourth-order valence-corrected chi connectivity index (χ4v) is 2.29. The average Bonchev–Trinajstić information content (AvgIpc) is 3.21. The van der Waals surface area contributed by atoms with Gasteiger partial charge in [-0.15, -0.1) is 0 Å². The summed E-state index contributed by atoms with van der Waals surface area (Å²) in [7, 11) is 0.920. The number of rotatable bonds is 6. The van der Waals surface area contributed by atoms with Gasteiger partial charge < -0.3 is 9.47 Å². The number of halogens is 2. The fraction of sp³-hybridized carbons (Fsp3) is 0.167. The van der Waals surface area contributed by atoms with E-state index >= 15 is 0 Å². The normalized spacial score (nSPS) is 11.2. The van der Waals surface area contributed by atoms with Crippen molar-refractivity contribution in [2.24, 2.45) is 0 Å². The molecule has 3 aromatic rings. The molecular formula is C18H15F2N3O3. The summed E-state index contributed by atoms with van der Waals surface area (Å²) < 4.78 is 37.6. The number of esters is 1. The second kappa shape index (κ2) is 7.30. The average molecular weight is 359 g/mol. The van der Waals surface area contributed by atoms with Crippen molar-refractivity contribution in [1.29, 1.82) is 0 Å². The number of hydrogen-bond acceptors (Lipinski definition) is 5. The molecule has 134 valence electrons. The quantitative estimate of drug-likeness (QED) is 0.683. The first-order valence-corrected chi connectivity index (χ1v) is 7.65. The molecule has 0 aliphatic carbocycles. The van der Waals surface area contributed by atoms with E-state index in [2.05, 4.69) is 19.9 Å². The number of nitrogens with one attached hydrogen (secondary N) is 1. The largest absolute Gasteiger partial charge is 0.487 e. The molecule has 0 aliphatic heterocycles. The number of carbonyl (C=O) groups excluding carboxylic acids is 1. The van der Waals surface area contributed by atoms with E-state index in [1.54, 1.807) is 30.5 Å². The van der Waals surface area contributed by atoms with Gasteiger partial charge in [-0.1, -0.05) is 18.2 Å². The highest BCUT2D eigenvalue weighted by Crippen LogP contribution is 2.30. The summed E-state index contributed by atoms with van der Waals surface area (Å²) in [5, 5.41) is 6.66. The van der Waals surface area contributed by atoms with Crippen molar-refractivity contribution in [2.75, 3.05) is 7.11 Å². The Morgan fingerprint density at radius 2 is 2.08 bits per heavy atom. The summed E-state index contributed by atoms with van der Waals surface area (Å²) in [6, 6.07) is 10.7. The maximum Gasteiger partial charge on any atom is 0.381 e. The molecular weight excluding hydrogens is 344 g/mol. The van der Waals surface area contributed by atoms with Gasteiger partial charge in [-0.3, -0.25) is 10.1 Å². The number of H-pyrrole nitrogens is 1. The van der Waals surface area contributed by atoms with E-state index in [0.717, 1.165) is 12.8 Å². The number of hydrogen-bond donors (Lipinski definition) is 1. The van der Waals surface area contributed by atoms with Crippen LogP contribution in [0.3, 0.4) is 0 Å². The van der Waals surface area contributed by atoms with Crippen LogP contribution in [0.5, 0.6) is 5.75 Å². The van der Waals surface area contributed by atoms with Crippen molar-refractivity contribution in [3.8, 4) is 17.1 Å². The minimum Gasteiger partial charge on any atom is -0.487 e. The van der Waals surface area contributed by atoms with E-state index in [1.807, 2.05) is 0 Å². The Hall–Kier alpha value is -3.29. The molecule has 0 unspecified atom stereocenters. The first-order chi connectivity index (χ1) is 12.5. The van der Waals surface area contributed by atoms with Gasteiger partial charge in [0.15, 0.2) is 0 Å².